The van der Waals surface area contributed by atoms with Gasteiger partial charge in [-0.25, -0.2) is 4.98 Å². The number of hydrogen-bond donors (Lipinski definition) is 1. The number of benzene rings is 1. The van der Waals surface area contributed by atoms with Crippen molar-refractivity contribution in [1.82, 2.24) is 14.9 Å². The molecule has 2 aromatic rings. The fourth-order valence-corrected chi connectivity index (χ4v) is 2.47. The van der Waals surface area contributed by atoms with Crippen molar-refractivity contribution >= 4 is 16.9 Å². The monoisotopic (exact) mass is 243 g/mol. The molecule has 3 rings (SSSR count). The van der Waals surface area contributed by atoms with E-state index in [0.717, 1.165) is 42.8 Å². The molecule has 0 bridgehead atoms. The predicted molar refractivity (Wildman–Crippen MR) is 70.2 cm³/mol. The van der Waals surface area contributed by atoms with Crippen LogP contribution in [0.2, 0.25) is 0 Å². The minimum atomic E-state index is 0.257. The Hall–Kier alpha value is -1.84. The largest absolute Gasteiger partial charge is 0.343 e. The van der Waals surface area contributed by atoms with Gasteiger partial charge in [-0.2, -0.15) is 0 Å². The molecule has 0 radical (unpaired) electrons. The maximum atomic E-state index is 11.9. The van der Waals surface area contributed by atoms with Gasteiger partial charge in [0.25, 0.3) is 0 Å². The first kappa shape index (κ1) is 11.3. The van der Waals surface area contributed by atoms with Crippen LogP contribution in [0, 0.1) is 0 Å². The van der Waals surface area contributed by atoms with Gasteiger partial charge in [-0.15, -0.1) is 0 Å². The highest BCUT2D eigenvalue weighted by molar-refractivity contribution is 5.77. The Morgan fingerprint density at radius 2 is 2.06 bits per heavy atom. The van der Waals surface area contributed by atoms with Gasteiger partial charge in [0.2, 0.25) is 5.91 Å². The summed E-state index contributed by atoms with van der Waals surface area (Å²) in [5.74, 6) is 1.16. The number of aromatic amines is 1. The van der Waals surface area contributed by atoms with Gasteiger partial charge in [-0.1, -0.05) is 12.1 Å². The smallest absolute Gasteiger partial charge is 0.223 e. The highest BCUT2D eigenvalue weighted by Crippen LogP contribution is 2.13. The number of nitrogens with zero attached hydrogens (tertiary/aromatic N) is 2. The molecule has 0 aliphatic carbocycles. The van der Waals surface area contributed by atoms with Crippen LogP contribution >= 0.6 is 0 Å². The molecule has 0 atom stereocenters. The Bertz CT molecular complexity index is 522. The van der Waals surface area contributed by atoms with Crippen LogP contribution in [0.1, 0.15) is 25.1 Å². The molecular formula is C14H17N3O. The third-order valence-corrected chi connectivity index (χ3v) is 3.47. The minimum absolute atomic E-state index is 0.257. The van der Waals surface area contributed by atoms with Gasteiger partial charge in [0.05, 0.1) is 11.0 Å². The molecule has 1 N–H and O–H groups in total. The Morgan fingerprint density at radius 1 is 1.28 bits per heavy atom. The van der Waals surface area contributed by atoms with Crippen LogP contribution in [0.5, 0.6) is 0 Å². The van der Waals surface area contributed by atoms with Crippen molar-refractivity contribution in [3.05, 3.63) is 30.1 Å². The summed E-state index contributed by atoms with van der Waals surface area (Å²) < 4.78 is 0. The first-order valence-electron chi connectivity index (χ1n) is 6.54. The molecular weight excluding hydrogens is 226 g/mol. The fourth-order valence-electron chi connectivity index (χ4n) is 2.47. The number of fused-ring (bicyclic) bond motifs is 1. The number of hydrogen-bond acceptors (Lipinski definition) is 2. The van der Waals surface area contributed by atoms with Crippen LogP contribution in [0.3, 0.4) is 0 Å². The van der Waals surface area contributed by atoms with Gasteiger partial charge in [0.15, 0.2) is 0 Å². The maximum Gasteiger partial charge on any atom is 0.223 e. The molecule has 1 aliphatic heterocycles. The number of nitrogens with one attached hydrogen (secondary N) is 1. The number of carbonyl (C=O) groups excluding carboxylic acids is 1. The van der Waals surface area contributed by atoms with Crippen molar-refractivity contribution in [1.29, 1.82) is 0 Å². The molecule has 1 aromatic carbocycles. The van der Waals surface area contributed by atoms with E-state index >= 15 is 0 Å². The Balaban J connectivity index is 1.63. The molecule has 1 saturated heterocycles. The zero-order valence-electron chi connectivity index (χ0n) is 10.4. The van der Waals surface area contributed by atoms with Crippen LogP contribution < -0.4 is 0 Å². The van der Waals surface area contributed by atoms with E-state index in [1.807, 2.05) is 29.2 Å². The fraction of sp³-hybridized carbons (Fsp3) is 0.429. The van der Waals surface area contributed by atoms with E-state index in [2.05, 4.69) is 9.97 Å². The SMILES string of the molecule is O=C(CCc1nc2ccccc2[nH]1)N1CCCC1. The predicted octanol–water partition coefficient (Wildman–Crippen LogP) is 2.12. The molecule has 1 amide bonds. The zero-order chi connectivity index (χ0) is 12.4. The summed E-state index contributed by atoms with van der Waals surface area (Å²) in [4.78, 5) is 21.6. The molecule has 18 heavy (non-hydrogen) atoms. The number of amides is 1. The van der Waals surface area contributed by atoms with E-state index in [-0.39, 0.29) is 5.91 Å². The van der Waals surface area contributed by atoms with Gasteiger partial charge < -0.3 is 9.88 Å². The van der Waals surface area contributed by atoms with E-state index in [0.29, 0.717) is 12.8 Å². The van der Waals surface area contributed by atoms with Crippen LogP contribution in [-0.4, -0.2) is 33.9 Å². The molecule has 0 saturated carbocycles. The third-order valence-electron chi connectivity index (χ3n) is 3.47. The van der Waals surface area contributed by atoms with E-state index in [9.17, 15) is 4.79 Å². The second-order valence-corrected chi connectivity index (χ2v) is 4.79. The number of imidazole rings is 1. The number of para-hydroxylation sites is 2. The molecule has 1 aromatic heterocycles. The quantitative estimate of drug-likeness (QED) is 0.897. The average molecular weight is 243 g/mol. The maximum absolute atomic E-state index is 11.9. The first-order chi connectivity index (χ1) is 8.83. The van der Waals surface area contributed by atoms with Gasteiger partial charge in [0.1, 0.15) is 5.82 Å². The normalized spacial score (nSPS) is 15.4. The third kappa shape index (κ3) is 2.23. The molecule has 4 heteroatoms. The summed E-state index contributed by atoms with van der Waals surface area (Å²) in [6.07, 6.45) is 3.55. The summed E-state index contributed by atoms with van der Waals surface area (Å²) in [5, 5.41) is 0. The molecule has 0 unspecified atom stereocenters. The first-order valence-corrected chi connectivity index (χ1v) is 6.54. The van der Waals surface area contributed by atoms with Crippen molar-refractivity contribution in [2.75, 3.05) is 13.1 Å². The van der Waals surface area contributed by atoms with Crippen LogP contribution in [0.25, 0.3) is 11.0 Å². The molecule has 4 nitrogen and oxygen atoms in total. The Kier molecular flexibility index (Phi) is 3.00. The highest BCUT2D eigenvalue weighted by Gasteiger charge is 2.17. The van der Waals surface area contributed by atoms with Crippen molar-refractivity contribution in [3.63, 3.8) is 0 Å². The molecule has 1 aliphatic rings. The number of aryl methyl sites for hydroxylation is 1. The summed E-state index contributed by atoms with van der Waals surface area (Å²) in [5.41, 5.74) is 2.02. The topological polar surface area (TPSA) is 49.0 Å². The zero-order valence-corrected chi connectivity index (χ0v) is 10.4. The van der Waals surface area contributed by atoms with E-state index in [1.54, 1.807) is 0 Å². The van der Waals surface area contributed by atoms with E-state index < -0.39 is 0 Å². The lowest BCUT2D eigenvalue weighted by Gasteiger charge is -2.14. The van der Waals surface area contributed by atoms with Crippen molar-refractivity contribution in [2.24, 2.45) is 0 Å². The van der Waals surface area contributed by atoms with Gasteiger partial charge in [-0.3, -0.25) is 4.79 Å². The summed E-state index contributed by atoms with van der Waals surface area (Å²) in [7, 11) is 0. The lowest BCUT2D eigenvalue weighted by Crippen LogP contribution is -2.27. The van der Waals surface area contributed by atoms with Gasteiger partial charge >= 0.3 is 0 Å². The Morgan fingerprint density at radius 3 is 2.83 bits per heavy atom. The number of carbonyl (C=O) groups is 1. The second-order valence-electron chi connectivity index (χ2n) is 4.79. The number of H-pyrrole nitrogens is 1. The van der Waals surface area contributed by atoms with Crippen LogP contribution in [0.15, 0.2) is 24.3 Å². The van der Waals surface area contributed by atoms with Gasteiger partial charge in [0, 0.05) is 25.9 Å². The highest BCUT2D eigenvalue weighted by atomic mass is 16.2. The molecule has 1 fully saturated rings. The molecule has 2 heterocycles. The summed E-state index contributed by atoms with van der Waals surface area (Å²) in [6, 6.07) is 7.95. The lowest BCUT2D eigenvalue weighted by atomic mass is 10.2. The van der Waals surface area contributed by atoms with Crippen molar-refractivity contribution < 1.29 is 4.79 Å². The number of likely N-dealkylation sites (tertiary alicyclic amines) is 1. The Labute approximate surface area is 106 Å². The van der Waals surface area contributed by atoms with E-state index in [1.165, 1.54) is 0 Å². The van der Waals surface area contributed by atoms with Crippen LogP contribution in [0.4, 0.5) is 0 Å². The van der Waals surface area contributed by atoms with Crippen LogP contribution in [-0.2, 0) is 11.2 Å². The summed E-state index contributed by atoms with van der Waals surface area (Å²) >= 11 is 0. The van der Waals surface area contributed by atoms with Gasteiger partial charge in [-0.05, 0) is 25.0 Å². The number of rotatable bonds is 3. The van der Waals surface area contributed by atoms with Crippen molar-refractivity contribution in [3.8, 4) is 0 Å². The van der Waals surface area contributed by atoms with Crippen molar-refractivity contribution in [2.45, 2.75) is 25.7 Å². The van der Waals surface area contributed by atoms with E-state index in [4.69, 9.17) is 0 Å². The number of aromatic nitrogens is 2. The second kappa shape index (κ2) is 4.80. The lowest BCUT2D eigenvalue weighted by molar-refractivity contribution is -0.130. The summed E-state index contributed by atoms with van der Waals surface area (Å²) in [6.45, 7) is 1.86. The standard InChI is InChI=1S/C14H17N3O/c18-14(17-9-3-4-10-17)8-7-13-15-11-5-1-2-6-12(11)16-13/h1-2,5-6H,3-4,7-10H2,(H,15,16). The molecule has 0 spiro atoms. The minimum Gasteiger partial charge on any atom is -0.343 e. The molecule has 94 valence electrons. The average Bonchev–Trinajstić information content (AvgIpc) is 3.04.